The fourth-order valence-electron chi connectivity index (χ4n) is 2.01. The van der Waals surface area contributed by atoms with E-state index < -0.39 is 0 Å². The van der Waals surface area contributed by atoms with Crippen LogP contribution >= 0.6 is 0 Å². The third kappa shape index (κ3) is 3.51. The number of pyridine rings is 1. The summed E-state index contributed by atoms with van der Waals surface area (Å²) in [6.07, 6.45) is 4.28. The molecule has 1 amide bonds. The van der Waals surface area contributed by atoms with E-state index in [2.05, 4.69) is 15.6 Å². The highest BCUT2D eigenvalue weighted by molar-refractivity contribution is 5.82. The molecule has 98 valence electrons. The minimum Gasteiger partial charge on any atom is -0.375 e. The fourth-order valence-corrected chi connectivity index (χ4v) is 2.01. The van der Waals surface area contributed by atoms with Crippen LogP contribution < -0.4 is 10.6 Å². The van der Waals surface area contributed by atoms with Gasteiger partial charge in [-0.25, -0.2) is 0 Å². The molecule has 1 aliphatic rings. The lowest BCUT2D eigenvalue weighted by molar-refractivity contribution is -0.128. The summed E-state index contributed by atoms with van der Waals surface area (Å²) in [4.78, 5) is 16.0. The van der Waals surface area contributed by atoms with E-state index in [1.165, 1.54) is 0 Å². The van der Waals surface area contributed by atoms with Gasteiger partial charge in [0.2, 0.25) is 5.91 Å². The van der Waals surface area contributed by atoms with Crippen molar-refractivity contribution < 1.29 is 9.53 Å². The molecule has 0 unspecified atom stereocenters. The first-order chi connectivity index (χ1) is 8.77. The lowest BCUT2D eigenvalue weighted by Crippen LogP contribution is -2.55. The van der Waals surface area contributed by atoms with E-state index in [0.29, 0.717) is 13.2 Å². The summed E-state index contributed by atoms with van der Waals surface area (Å²) in [6, 6.07) is 3.66. The summed E-state index contributed by atoms with van der Waals surface area (Å²) in [7, 11) is 0. The maximum Gasteiger partial charge on any atom is 0.239 e. The lowest BCUT2D eigenvalue weighted by atomic mass is 10.1. The number of carbonyl (C=O) groups excluding carboxylic acids is 1. The molecule has 0 bridgehead atoms. The van der Waals surface area contributed by atoms with E-state index >= 15 is 0 Å². The molecule has 18 heavy (non-hydrogen) atoms. The Morgan fingerprint density at radius 3 is 3.28 bits per heavy atom. The summed E-state index contributed by atoms with van der Waals surface area (Å²) in [5, 5.41) is 6.09. The van der Waals surface area contributed by atoms with Gasteiger partial charge in [-0.05, 0) is 25.0 Å². The summed E-state index contributed by atoms with van der Waals surface area (Å²) in [5.74, 6) is 0.00564. The number of rotatable bonds is 4. The quantitative estimate of drug-likeness (QED) is 0.795. The highest BCUT2D eigenvalue weighted by Gasteiger charge is 2.27. The number of hydrogen-bond acceptors (Lipinski definition) is 4. The Labute approximate surface area is 107 Å². The molecule has 5 heteroatoms. The lowest BCUT2D eigenvalue weighted by Gasteiger charge is -2.29. The SMILES string of the molecule is C[C@H]1OCCN[C@@H]1C(=O)NCCc1cccnc1. The van der Waals surface area contributed by atoms with E-state index in [-0.39, 0.29) is 18.1 Å². The summed E-state index contributed by atoms with van der Waals surface area (Å²) < 4.78 is 5.44. The largest absolute Gasteiger partial charge is 0.375 e. The molecule has 2 atom stereocenters. The molecule has 1 aromatic rings. The van der Waals surface area contributed by atoms with Crippen molar-refractivity contribution in [2.24, 2.45) is 0 Å². The predicted octanol–water partition coefficient (Wildman–Crippen LogP) is 0.117. The number of amides is 1. The van der Waals surface area contributed by atoms with Gasteiger partial charge in [-0.15, -0.1) is 0 Å². The van der Waals surface area contributed by atoms with Gasteiger partial charge in [0.15, 0.2) is 0 Å². The molecule has 1 saturated heterocycles. The van der Waals surface area contributed by atoms with E-state index in [4.69, 9.17) is 4.74 Å². The Kier molecular flexibility index (Phi) is 4.66. The first-order valence-electron chi connectivity index (χ1n) is 6.29. The standard InChI is InChI=1S/C13H19N3O2/c1-10-12(15-7-8-18-10)13(17)16-6-4-11-3-2-5-14-9-11/h2-3,5,9-10,12,15H,4,6-8H2,1H3,(H,16,17)/t10-,12+/m1/s1. The van der Waals surface area contributed by atoms with Crippen LogP contribution in [0.4, 0.5) is 0 Å². The number of aromatic nitrogens is 1. The molecule has 0 radical (unpaired) electrons. The third-order valence-corrected chi connectivity index (χ3v) is 3.03. The van der Waals surface area contributed by atoms with Gasteiger partial charge in [-0.1, -0.05) is 6.07 Å². The Hall–Kier alpha value is -1.46. The van der Waals surface area contributed by atoms with Crippen LogP contribution in [0.3, 0.4) is 0 Å². The van der Waals surface area contributed by atoms with Crippen LogP contribution in [-0.4, -0.2) is 42.7 Å². The summed E-state index contributed by atoms with van der Waals surface area (Å²) in [6.45, 7) is 3.93. The van der Waals surface area contributed by atoms with Crippen LogP contribution in [0.15, 0.2) is 24.5 Å². The van der Waals surface area contributed by atoms with Crippen molar-refractivity contribution in [1.29, 1.82) is 0 Å². The zero-order chi connectivity index (χ0) is 12.8. The average molecular weight is 249 g/mol. The van der Waals surface area contributed by atoms with E-state index in [9.17, 15) is 4.79 Å². The van der Waals surface area contributed by atoms with Gasteiger partial charge in [-0.2, -0.15) is 0 Å². The molecule has 1 aromatic heterocycles. The normalized spacial score (nSPS) is 23.6. The zero-order valence-corrected chi connectivity index (χ0v) is 10.6. The Balaban J connectivity index is 1.74. The molecular weight excluding hydrogens is 230 g/mol. The second-order valence-electron chi connectivity index (χ2n) is 4.41. The van der Waals surface area contributed by atoms with Crippen LogP contribution in [0.2, 0.25) is 0 Å². The summed E-state index contributed by atoms with van der Waals surface area (Å²) in [5.41, 5.74) is 1.12. The minimum atomic E-state index is -0.243. The van der Waals surface area contributed by atoms with Crippen LogP contribution in [0.25, 0.3) is 0 Å². The number of morpholine rings is 1. The third-order valence-electron chi connectivity index (χ3n) is 3.03. The Bertz CT molecular complexity index is 383. The molecule has 0 spiro atoms. The molecule has 2 heterocycles. The van der Waals surface area contributed by atoms with Crippen LogP contribution in [0.1, 0.15) is 12.5 Å². The van der Waals surface area contributed by atoms with Crippen molar-refractivity contribution in [1.82, 2.24) is 15.6 Å². The Morgan fingerprint density at radius 2 is 2.56 bits per heavy atom. The highest BCUT2D eigenvalue weighted by atomic mass is 16.5. The number of ether oxygens (including phenoxy) is 1. The fraction of sp³-hybridized carbons (Fsp3) is 0.538. The smallest absolute Gasteiger partial charge is 0.239 e. The van der Waals surface area contributed by atoms with E-state index in [0.717, 1.165) is 18.5 Å². The van der Waals surface area contributed by atoms with Crippen molar-refractivity contribution in [2.45, 2.75) is 25.5 Å². The topological polar surface area (TPSA) is 63.2 Å². The molecule has 1 aliphatic heterocycles. The summed E-state index contributed by atoms with van der Waals surface area (Å²) >= 11 is 0. The van der Waals surface area contributed by atoms with Crippen LogP contribution in [0.5, 0.6) is 0 Å². The Morgan fingerprint density at radius 1 is 1.67 bits per heavy atom. The van der Waals surface area contributed by atoms with E-state index in [1.807, 2.05) is 25.3 Å². The molecule has 1 fully saturated rings. The predicted molar refractivity (Wildman–Crippen MR) is 68.2 cm³/mol. The maximum atomic E-state index is 11.9. The second-order valence-corrected chi connectivity index (χ2v) is 4.41. The van der Waals surface area contributed by atoms with Gasteiger partial charge in [-0.3, -0.25) is 9.78 Å². The van der Waals surface area contributed by atoms with Gasteiger partial charge in [0.05, 0.1) is 12.7 Å². The van der Waals surface area contributed by atoms with Gasteiger partial charge in [0.1, 0.15) is 6.04 Å². The molecule has 0 aromatic carbocycles. The monoisotopic (exact) mass is 249 g/mol. The first kappa shape index (κ1) is 13.0. The van der Waals surface area contributed by atoms with Crippen molar-refractivity contribution in [3.63, 3.8) is 0 Å². The average Bonchev–Trinajstić information content (AvgIpc) is 2.40. The highest BCUT2D eigenvalue weighted by Crippen LogP contribution is 2.04. The molecular formula is C13H19N3O2. The van der Waals surface area contributed by atoms with Crippen molar-refractivity contribution in [2.75, 3.05) is 19.7 Å². The number of hydrogen-bond donors (Lipinski definition) is 2. The number of nitrogens with one attached hydrogen (secondary N) is 2. The van der Waals surface area contributed by atoms with E-state index in [1.54, 1.807) is 6.20 Å². The van der Waals surface area contributed by atoms with Crippen LogP contribution in [0, 0.1) is 0 Å². The van der Waals surface area contributed by atoms with Gasteiger partial charge >= 0.3 is 0 Å². The molecule has 5 nitrogen and oxygen atoms in total. The van der Waals surface area contributed by atoms with Gasteiger partial charge in [0.25, 0.3) is 0 Å². The maximum absolute atomic E-state index is 11.9. The molecule has 2 N–H and O–H groups in total. The molecule has 0 aliphatic carbocycles. The van der Waals surface area contributed by atoms with Crippen LogP contribution in [-0.2, 0) is 16.0 Å². The van der Waals surface area contributed by atoms with Crippen molar-refractivity contribution in [3.05, 3.63) is 30.1 Å². The minimum absolute atomic E-state index is 0.00564. The second kappa shape index (κ2) is 6.47. The zero-order valence-electron chi connectivity index (χ0n) is 10.6. The molecule has 2 rings (SSSR count). The van der Waals surface area contributed by atoms with Crippen molar-refractivity contribution in [3.8, 4) is 0 Å². The number of carbonyl (C=O) groups is 1. The first-order valence-corrected chi connectivity index (χ1v) is 6.29. The van der Waals surface area contributed by atoms with Crippen molar-refractivity contribution >= 4 is 5.91 Å². The van der Waals surface area contributed by atoms with Gasteiger partial charge < -0.3 is 15.4 Å². The van der Waals surface area contributed by atoms with Gasteiger partial charge in [0, 0.05) is 25.5 Å². The molecule has 0 saturated carbocycles. The number of nitrogens with zero attached hydrogens (tertiary/aromatic N) is 1.